The molecule has 8 heteroatoms. The third-order valence-corrected chi connectivity index (χ3v) is 5.13. The van der Waals surface area contributed by atoms with E-state index in [0.29, 0.717) is 16.7 Å². The first-order valence-corrected chi connectivity index (χ1v) is 9.85. The van der Waals surface area contributed by atoms with Gasteiger partial charge in [0.05, 0.1) is 17.1 Å². The molecule has 2 heterocycles. The van der Waals surface area contributed by atoms with E-state index in [-0.39, 0.29) is 57.1 Å². The molecule has 0 atom stereocenters. The summed E-state index contributed by atoms with van der Waals surface area (Å²) in [7, 11) is 0. The van der Waals surface area contributed by atoms with E-state index in [4.69, 9.17) is 0 Å². The van der Waals surface area contributed by atoms with Crippen LogP contribution in [0.15, 0.2) is 29.1 Å². The number of thiazole rings is 1. The molecule has 0 fully saturated rings. The molecule has 0 aliphatic heterocycles. The van der Waals surface area contributed by atoms with Crippen LogP contribution in [-0.2, 0) is 45.7 Å². The number of aromatic hydroxyl groups is 1. The standard InChI is InChI=1S/C18H18F2N2O2S.C2H6.CH3.Y/c1-3-6-13-21-17-16(25-13)15(23)14(11-8-5-4-7-10(11)2)18(24)22(17)9-12(19)20;1-2;;/h4-5,7-8,12,23H,3,6,9H2,1-2H3;1-2H3;1H3;/q;;-1;. The number of rotatable bonds is 5. The van der Waals surface area contributed by atoms with Crippen molar-refractivity contribution in [2.45, 2.75) is 53.5 Å². The Morgan fingerprint density at radius 2 is 1.86 bits per heavy atom. The van der Waals surface area contributed by atoms with Crippen molar-refractivity contribution in [3.05, 3.63) is 52.6 Å². The Labute approximate surface area is 199 Å². The van der Waals surface area contributed by atoms with Crippen LogP contribution in [0.2, 0.25) is 0 Å². The third-order valence-electron chi connectivity index (χ3n) is 4.02. The molecular weight excluding hydrogens is 471 g/mol. The predicted molar refractivity (Wildman–Crippen MR) is 113 cm³/mol. The van der Waals surface area contributed by atoms with Crippen molar-refractivity contribution in [3.8, 4) is 16.9 Å². The van der Waals surface area contributed by atoms with E-state index in [2.05, 4.69) is 4.98 Å². The summed E-state index contributed by atoms with van der Waals surface area (Å²) in [6.07, 6.45) is -1.18. The van der Waals surface area contributed by atoms with Crippen molar-refractivity contribution in [2.24, 2.45) is 0 Å². The quantitative estimate of drug-likeness (QED) is 0.451. The SMILES string of the molecule is CC.CCCc1nc2c(s1)c(O)c(-c1ccccc1C)c(=O)n2CC(F)F.[CH3-].[Y]. The van der Waals surface area contributed by atoms with Crippen molar-refractivity contribution < 1.29 is 46.6 Å². The van der Waals surface area contributed by atoms with Gasteiger partial charge in [0.1, 0.15) is 10.4 Å². The van der Waals surface area contributed by atoms with Crippen molar-refractivity contribution >= 4 is 21.7 Å². The number of hydrogen-bond donors (Lipinski definition) is 1. The van der Waals surface area contributed by atoms with Crippen molar-refractivity contribution in [3.63, 3.8) is 0 Å². The summed E-state index contributed by atoms with van der Waals surface area (Å²) in [6.45, 7) is 7.05. The molecule has 0 spiro atoms. The van der Waals surface area contributed by atoms with Crippen LogP contribution in [0.1, 0.15) is 37.8 Å². The maximum atomic E-state index is 13.1. The van der Waals surface area contributed by atoms with Gasteiger partial charge in [-0.15, -0.1) is 11.3 Å². The fourth-order valence-electron chi connectivity index (χ4n) is 2.86. The zero-order valence-electron chi connectivity index (χ0n) is 17.5. The van der Waals surface area contributed by atoms with Crippen molar-refractivity contribution in [2.75, 3.05) is 0 Å². The van der Waals surface area contributed by atoms with Gasteiger partial charge in [-0.1, -0.05) is 45.0 Å². The summed E-state index contributed by atoms with van der Waals surface area (Å²) >= 11 is 1.25. The average Bonchev–Trinajstić information content (AvgIpc) is 3.06. The van der Waals surface area contributed by atoms with Gasteiger partial charge in [0.15, 0.2) is 5.65 Å². The second kappa shape index (κ2) is 12.5. The van der Waals surface area contributed by atoms with E-state index in [1.807, 2.05) is 39.8 Å². The third kappa shape index (κ3) is 5.92. The zero-order chi connectivity index (χ0) is 20.1. The maximum Gasteiger partial charge on any atom is 0.264 e. The summed E-state index contributed by atoms with van der Waals surface area (Å²) in [6, 6.07) is 7.08. The van der Waals surface area contributed by atoms with E-state index < -0.39 is 18.5 Å². The van der Waals surface area contributed by atoms with Gasteiger partial charge in [0, 0.05) is 32.7 Å². The molecule has 29 heavy (non-hydrogen) atoms. The van der Waals surface area contributed by atoms with E-state index >= 15 is 0 Å². The van der Waals surface area contributed by atoms with E-state index in [0.717, 1.165) is 21.6 Å². The van der Waals surface area contributed by atoms with Gasteiger partial charge in [-0.2, -0.15) is 0 Å². The molecule has 2 aromatic heterocycles. The van der Waals surface area contributed by atoms with Crippen LogP contribution >= 0.6 is 11.3 Å². The maximum absolute atomic E-state index is 13.1. The summed E-state index contributed by atoms with van der Waals surface area (Å²) in [4.78, 5) is 17.2. The summed E-state index contributed by atoms with van der Waals surface area (Å²) < 4.78 is 27.5. The van der Waals surface area contributed by atoms with Crippen LogP contribution in [0.5, 0.6) is 5.75 Å². The monoisotopic (exact) mass is 498 g/mol. The molecule has 1 N–H and O–H groups in total. The summed E-state index contributed by atoms with van der Waals surface area (Å²) in [5, 5.41) is 11.4. The fraction of sp³-hybridized carbons (Fsp3) is 0.381. The van der Waals surface area contributed by atoms with Crippen molar-refractivity contribution in [1.82, 2.24) is 9.55 Å². The first kappa shape index (κ1) is 27.8. The number of pyridine rings is 1. The molecule has 0 saturated heterocycles. The molecule has 3 aromatic rings. The van der Waals surface area contributed by atoms with Crippen molar-refractivity contribution in [1.29, 1.82) is 0 Å². The number of hydrogen-bond acceptors (Lipinski definition) is 4. The predicted octanol–water partition coefficient (Wildman–Crippen LogP) is 5.83. The minimum Gasteiger partial charge on any atom is -0.505 e. The number of halogens is 2. The van der Waals surface area contributed by atoms with E-state index in [1.54, 1.807) is 12.1 Å². The second-order valence-electron chi connectivity index (χ2n) is 5.86. The first-order chi connectivity index (χ1) is 12.9. The Balaban J connectivity index is 0.00000190. The molecule has 3 rings (SSSR count). The molecule has 0 unspecified atom stereocenters. The minimum atomic E-state index is -2.69. The van der Waals surface area contributed by atoms with Gasteiger partial charge in [-0.3, -0.25) is 9.36 Å². The Kier molecular flexibility index (Phi) is 12.0. The van der Waals surface area contributed by atoms with Gasteiger partial charge in [-0.05, 0) is 30.9 Å². The van der Waals surface area contributed by atoms with Gasteiger partial charge in [0.25, 0.3) is 12.0 Å². The van der Waals surface area contributed by atoms with E-state index in [9.17, 15) is 18.7 Å². The molecule has 1 radical (unpaired) electrons. The number of aryl methyl sites for hydroxylation is 2. The van der Waals surface area contributed by atoms with Crippen LogP contribution in [0.4, 0.5) is 8.78 Å². The van der Waals surface area contributed by atoms with Gasteiger partial charge in [0.2, 0.25) is 0 Å². The molecule has 0 aliphatic rings. The Hall–Kier alpha value is -1.18. The van der Waals surface area contributed by atoms with Gasteiger partial charge < -0.3 is 12.5 Å². The summed E-state index contributed by atoms with van der Waals surface area (Å²) in [5.41, 5.74) is 0.871. The van der Waals surface area contributed by atoms with Crippen LogP contribution in [-0.4, -0.2) is 21.1 Å². The molecule has 1 aromatic carbocycles. The Morgan fingerprint density at radius 3 is 2.41 bits per heavy atom. The largest absolute Gasteiger partial charge is 0.505 e. The zero-order valence-corrected chi connectivity index (χ0v) is 21.2. The average molecular weight is 498 g/mol. The van der Waals surface area contributed by atoms with Gasteiger partial charge >= 0.3 is 0 Å². The molecular formula is C21H27F2N2O2SY-. The smallest absolute Gasteiger partial charge is 0.264 e. The number of nitrogens with zero attached hydrogens (tertiary/aromatic N) is 2. The molecule has 0 saturated carbocycles. The van der Waals surface area contributed by atoms with Crippen LogP contribution in [0, 0.1) is 14.4 Å². The molecule has 4 nitrogen and oxygen atoms in total. The molecule has 0 aliphatic carbocycles. The Morgan fingerprint density at radius 1 is 1.24 bits per heavy atom. The number of alkyl halides is 2. The fourth-order valence-corrected chi connectivity index (χ4v) is 3.98. The molecule has 0 bridgehead atoms. The topological polar surface area (TPSA) is 55.1 Å². The van der Waals surface area contributed by atoms with Gasteiger partial charge in [-0.25, -0.2) is 13.8 Å². The van der Waals surface area contributed by atoms with Crippen LogP contribution in [0.3, 0.4) is 0 Å². The van der Waals surface area contributed by atoms with Crippen LogP contribution in [0.25, 0.3) is 21.5 Å². The molecule has 157 valence electrons. The molecule has 0 amide bonds. The normalized spacial score (nSPS) is 10.2. The second-order valence-corrected chi connectivity index (χ2v) is 6.94. The number of aromatic nitrogens is 2. The number of fused-ring (bicyclic) bond motifs is 1. The van der Waals surface area contributed by atoms with E-state index in [1.165, 1.54) is 11.3 Å². The Bertz CT molecular complexity index is 987. The first-order valence-electron chi connectivity index (χ1n) is 9.03. The minimum absolute atomic E-state index is 0. The summed E-state index contributed by atoms with van der Waals surface area (Å²) in [5.74, 6) is -0.181. The van der Waals surface area contributed by atoms with Crippen LogP contribution < -0.4 is 5.56 Å². The number of benzene rings is 1.